The Morgan fingerprint density at radius 1 is 1.06 bits per heavy atom. The molecule has 1 aliphatic rings. The van der Waals surface area contributed by atoms with E-state index in [9.17, 15) is 4.79 Å². The molecule has 0 unspecified atom stereocenters. The Morgan fingerprint density at radius 2 is 1.85 bits per heavy atom. The molecule has 8 heteroatoms. The summed E-state index contributed by atoms with van der Waals surface area (Å²) in [6.45, 7) is 1.99. The van der Waals surface area contributed by atoms with Gasteiger partial charge in [-0.1, -0.05) is 25.1 Å². The minimum Gasteiger partial charge on any atom is -0.493 e. The highest BCUT2D eigenvalue weighted by Crippen LogP contribution is 2.39. The lowest BCUT2D eigenvalue weighted by molar-refractivity contribution is -0.147. The van der Waals surface area contributed by atoms with Crippen molar-refractivity contribution in [2.24, 2.45) is 11.8 Å². The fraction of sp³-hybridized carbons (Fsp3) is 0.280. The Balaban J connectivity index is 1.49. The summed E-state index contributed by atoms with van der Waals surface area (Å²) in [5, 5.41) is 9.15. The first-order valence-corrected chi connectivity index (χ1v) is 10.7. The second-order valence-electron chi connectivity index (χ2n) is 8.07. The van der Waals surface area contributed by atoms with Gasteiger partial charge in [0, 0.05) is 10.9 Å². The molecule has 0 spiro atoms. The summed E-state index contributed by atoms with van der Waals surface area (Å²) in [5.74, 6) is 1.99. The number of para-hydroxylation sites is 1. The standard InChI is InChI=1S/C25H23N3O5/c1-14-10-17(14)25(29)32-13-23-27-28-24(33-23)18-12-20(26-19-7-5-4-6-16(18)19)15-8-9-21(30-2)22(11-15)31-3/h4-9,11-12,14,17H,10,13H2,1-3H3/t14-,17+/m0/s1. The van der Waals surface area contributed by atoms with E-state index >= 15 is 0 Å². The molecular weight excluding hydrogens is 422 g/mol. The lowest BCUT2D eigenvalue weighted by atomic mass is 10.0. The third-order valence-corrected chi connectivity index (χ3v) is 5.84. The van der Waals surface area contributed by atoms with Gasteiger partial charge in [0.2, 0.25) is 5.89 Å². The van der Waals surface area contributed by atoms with E-state index in [1.54, 1.807) is 14.2 Å². The molecule has 1 aliphatic carbocycles. The van der Waals surface area contributed by atoms with Crippen LogP contribution in [0, 0.1) is 11.8 Å². The average molecular weight is 445 g/mol. The van der Waals surface area contributed by atoms with E-state index in [4.69, 9.17) is 23.6 Å². The quantitative estimate of drug-likeness (QED) is 0.379. The van der Waals surface area contributed by atoms with Gasteiger partial charge in [0.05, 0.1) is 36.9 Å². The number of benzene rings is 2. The van der Waals surface area contributed by atoms with Crippen molar-refractivity contribution in [1.82, 2.24) is 15.2 Å². The number of aromatic nitrogens is 3. The molecule has 2 heterocycles. The lowest BCUT2D eigenvalue weighted by Crippen LogP contribution is -2.07. The molecule has 0 aliphatic heterocycles. The van der Waals surface area contributed by atoms with Crippen LogP contribution in [-0.2, 0) is 16.1 Å². The normalized spacial score (nSPS) is 17.1. The molecule has 0 radical (unpaired) electrons. The zero-order valence-electron chi connectivity index (χ0n) is 18.6. The van der Waals surface area contributed by atoms with E-state index in [2.05, 4.69) is 10.2 Å². The molecule has 4 aromatic rings. The zero-order chi connectivity index (χ0) is 22.9. The number of rotatable bonds is 7. The molecule has 168 valence electrons. The SMILES string of the molecule is COc1ccc(-c2cc(-c3nnc(COC(=O)[C@@H]4C[C@@H]4C)o3)c3ccccc3n2)cc1OC. The van der Waals surface area contributed by atoms with E-state index in [1.807, 2.05) is 55.5 Å². The molecule has 5 rings (SSSR count). The highest BCUT2D eigenvalue weighted by Gasteiger charge is 2.40. The van der Waals surface area contributed by atoms with Gasteiger partial charge < -0.3 is 18.6 Å². The smallest absolute Gasteiger partial charge is 0.309 e. The summed E-state index contributed by atoms with van der Waals surface area (Å²) in [4.78, 5) is 16.8. The predicted molar refractivity (Wildman–Crippen MR) is 121 cm³/mol. The van der Waals surface area contributed by atoms with Gasteiger partial charge in [0.15, 0.2) is 18.1 Å². The number of ether oxygens (including phenoxy) is 3. The Labute approximate surface area is 190 Å². The summed E-state index contributed by atoms with van der Waals surface area (Å²) >= 11 is 0. The molecule has 2 aromatic heterocycles. The van der Waals surface area contributed by atoms with Crippen LogP contribution in [0.25, 0.3) is 33.6 Å². The fourth-order valence-electron chi connectivity index (χ4n) is 3.81. The lowest BCUT2D eigenvalue weighted by Gasteiger charge is -2.11. The summed E-state index contributed by atoms with van der Waals surface area (Å²) in [5.41, 5.74) is 3.10. The van der Waals surface area contributed by atoms with Crippen LogP contribution >= 0.6 is 0 Å². The predicted octanol–water partition coefficient (Wildman–Crippen LogP) is 4.67. The second kappa shape index (κ2) is 8.54. The van der Waals surface area contributed by atoms with E-state index in [0.717, 1.165) is 34.1 Å². The van der Waals surface area contributed by atoms with Crippen LogP contribution in [0.3, 0.4) is 0 Å². The van der Waals surface area contributed by atoms with Crippen LogP contribution in [0.2, 0.25) is 0 Å². The molecule has 2 aromatic carbocycles. The van der Waals surface area contributed by atoms with Gasteiger partial charge in [-0.15, -0.1) is 10.2 Å². The number of hydrogen-bond donors (Lipinski definition) is 0. The molecule has 0 amide bonds. The van der Waals surface area contributed by atoms with Crippen LogP contribution in [-0.4, -0.2) is 35.4 Å². The van der Waals surface area contributed by atoms with Crippen LogP contribution in [0.4, 0.5) is 0 Å². The van der Waals surface area contributed by atoms with Crippen molar-refractivity contribution in [2.45, 2.75) is 20.0 Å². The van der Waals surface area contributed by atoms with Crippen molar-refractivity contribution >= 4 is 16.9 Å². The maximum atomic E-state index is 12.0. The number of nitrogens with zero attached hydrogens (tertiary/aromatic N) is 3. The number of pyridine rings is 1. The number of carbonyl (C=O) groups is 1. The van der Waals surface area contributed by atoms with E-state index in [0.29, 0.717) is 23.3 Å². The first-order chi connectivity index (χ1) is 16.1. The highest BCUT2D eigenvalue weighted by molar-refractivity contribution is 5.94. The van der Waals surface area contributed by atoms with Crippen LogP contribution in [0.5, 0.6) is 11.5 Å². The monoisotopic (exact) mass is 445 g/mol. The number of fused-ring (bicyclic) bond motifs is 1. The van der Waals surface area contributed by atoms with Gasteiger partial charge in [-0.3, -0.25) is 4.79 Å². The summed E-state index contributed by atoms with van der Waals surface area (Å²) in [6.07, 6.45) is 0.871. The second-order valence-corrected chi connectivity index (χ2v) is 8.07. The molecule has 0 saturated heterocycles. The van der Waals surface area contributed by atoms with Crippen LogP contribution in [0.1, 0.15) is 19.2 Å². The van der Waals surface area contributed by atoms with Gasteiger partial charge in [-0.25, -0.2) is 4.98 Å². The topological polar surface area (TPSA) is 96.6 Å². The first kappa shape index (κ1) is 20.9. The van der Waals surface area contributed by atoms with Crippen molar-refractivity contribution in [1.29, 1.82) is 0 Å². The van der Waals surface area contributed by atoms with Gasteiger partial charge in [-0.2, -0.15) is 0 Å². The van der Waals surface area contributed by atoms with Crippen LogP contribution in [0.15, 0.2) is 52.9 Å². The third-order valence-electron chi connectivity index (χ3n) is 5.84. The molecule has 8 nitrogen and oxygen atoms in total. The molecule has 1 fully saturated rings. The molecule has 33 heavy (non-hydrogen) atoms. The Morgan fingerprint density at radius 3 is 2.61 bits per heavy atom. The van der Waals surface area contributed by atoms with Crippen molar-refractivity contribution in [3.8, 4) is 34.2 Å². The number of carbonyl (C=O) groups excluding carboxylic acids is 1. The van der Waals surface area contributed by atoms with E-state index in [-0.39, 0.29) is 24.4 Å². The van der Waals surface area contributed by atoms with Crippen LogP contribution < -0.4 is 9.47 Å². The summed E-state index contributed by atoms with van der Waals surface area (Å²) in [7, 11) is 3.19. The number of methoxy groups -OCH3 is 2. The Kier molecular flexibility index (Phi) is 5.42. The highest BCUT2D eigenvalue weighted by atomic mass is 16.5. The van der Waals surface area contributed by atoms with Gasteiger partial charge in [0.25, 0.3) is 5.89 Å². The third kappa shape index (κ3) is 4.11. The van der Waals surface area contributed by atoms with Crippen molar-refractivity contribution in [3.63, 3.8) is 0 Å². The van der Waals surface area contributed by atoms with Crippen molar-refractivity contribution < 1.29 is 23.4 Å². The summed E-state index contributed by atoms with van der Waals surface area (Å²) in [6, 6.07) is 15.3. The maximum absolute atomic E-state index is 12.0. The molecule has 0 N–H and O–H groups in total. The van der Waals surface area contributed by atoms with Gasteiger partial charge >= 0.3 is 5.97 Å². The van der Waals surface area contributed by atoms with Crippen molar-refractivity contribution in [3.05, 3.63) is 54.4 Å². The fourth-order valence-corrected chi connectivity index (χ4v) is 3.81. The minimum atomic E-state index is -0.215. The molecule has 0 bridgehead atoms. The Hall–Kier alpha value is -3.94. The minimum absolute atomic E-state index is 0.0134. The number of hydrogen-bond acceptors (Lipinski definition) is 8. The van der Waals surface area contributed by atoms with E-state index < -0.39 is 0 Å². The largest absolute Gasteiger partial charge is 0.493 e. The molecule has 1 saturated carbocycles. The van der Waals surface area contributed by atoms with Crippen molar-refractivity contribution in [2.75, 3.05) is 14.2 Å². The van der Waals surface area contributed by atoms with Gasteiger partial charge in [0.1, 0.15) is 0 Å². The molecule has 2 atom stereocenters. The Bertz CT molecular complexity index is 1330. The zero-order valence-corrected chi connectivity index (χ0v) is 18.6. The molecular formula is C25H23N3O5. The van der Waals surface area contributed by atoms with Gasteiger partial charge in [-0.05, 0) is 42.7 Å². The first-order valence-electron chi connectivity index (χ1n) is 10.7. The van der Waals surface area contributed by atoms with E-state index in [1.165, 1.54) is 0 Å². The average Bonchev–Trinajstić information content (AvgIpc) is 3.40. The summed E-state index contributed by atoms with van der Waals surface area (Å²) < 4.78 is 22.0. The number of esters is 1. The maximum Gasteiger partial charge on any atom is 0.309 e.